The van der Waals surface area contributed by atoms with Crippen molar-refractivity contribution in [2.75, 3.05) is 0 Å². The number of carbonyl (C=O) groups excluding carboxylic acids is 1. The topological polar surface area (TPSA) is 66.9 Å². The molecule has 0 aliphatic heterocycles. The molecule has 0 aromatic heterocycles. The van der Waals surface area contributed by atoms with Gasteiger partial charge in [0.2, 0.25) is 0 Å². The fraction of sp³-hybridized carbons (Fsp3) is 0.231. The van der Waals surface area contributed by atoms with Crippen molar-refractivity contribution >= 4 is 5.91 Å². The van der Waals surface area contributed by atoms with Crippen molar-refractivity contribution in [2.45, 2.75) is 19.3 Å². The lowest BCUT2D eigenvalue weighted by molar-refractivity contribution is -0.114. The molecule has 0 unspecified atom stereocenters. The van der Waals surface area contributed by atoms with Gasteiger partial charge in [0, 0.05) is 0 Å². The van der Waals surface area contributed by atoms with Gasteiger partial charge in [0.25, 0.3) is 5.91 Å². The predicted molar refractivity (Wildman–Crippen MR) is 62.3 cm³/mol. The largest absolute Gasteiger partial charge is 0.365 e. The van der Waals surface area contributed by atoms with E-state index in [9.17, 15) is 4.79 Å². The number of unbranched alkanes of at least 4 members (excludes halogenated alkanes) is 1. The van der Waals surface area contributed by atoms with E-state index in [0.29, 0.717) is 6.42 Å². The molecule has 0 aliphatic rings. The van der Waals surface area contributed by atoms with Crippen LogP contribution >= 0.6 is 0 Å². The Labute approximate surface area is 95.2 Å². The molecule has 1 rings (SSSR count). The van der Waals surface area contributed by atoms with Crippen molar-refractivity contribution in [3.8, 4) is 6.07 Å². The number of primary amides is 1. The highest BCUT2D eigenvalue weighted by molar-refractivity contribution is 5.95. The molecule has 82 valence electrons. The highest BCUT2D eigenvalue weighted by atomic mass is 16.1. The number of aryl methyl sites for hydroxylation is 1. The number of benzene rings is 1. The lowest BCUT2D eigenvalue weighted by atomic mass is 10.1. The van der Waals surface area contributed by atoms with Crippen LogP contribution in [0.15, 0.2) is 42.0 Å². The molecule has 1 aromatic rings. The molecule has 1 aromatic carbocycles. The smallest absolute Gasteiger partial charge is 0.259 e. The standard InChI is InChI=1S/C13H14N2O/c14-10-12(13(15)16)9-5-4-8-11-6-2-1-3-7-11/h1-3,6-7,9H,4-5,8H2,(H2,15,16). The van der Waals surface area contributed by atoms with Gasteiger partial charge in [-0.1, -0.05) is 36.4 Å². The summed E-state index contributed by atoms with van der Waals surface area (Å²) < 4.78 is 0. The molecule has 0 atom stereocenters. The maximum absolute atomic E-state index is 10.7. The Balaban J connectivity index is 2.37. The summed E-state index contributed by atoms with van der Waals surface area (Å²) in [5, 5.41) is 8.59. The molecule has 0 saturated heterocycles. The third kappa shape index (κ3) is 3.97. The quantitative estimate of drug-likeness (QED) is 0.462. The van der Waals surface area contributed by atoms with Crippen LogP contribution in [0.4, 0.5) is 0 Å². The van der Waals surface area contributed by atoms with Crippen LogP contribution in [0.2, 0.25) is 0 Å². The fourth-order valence-electron chi connectivity index (χ4n) is 1.40. The molecule has 3 nitrogen and oxygen atoms in total. The molecule has 1 amide bonds. The first-order chi connectivity index (χ1) is 7.74. The Morgan fingerprint density at radius 2 is 2.06 bits per heavy atom. The maximum atomic E-state index is 10.7. The summed E-state index contributed by atoms with van der Waals surface area (Å²) in [4.78, 5) is 10.7. The first-order valence-corrected chi connectivity index (χ1v) is 5.18. The summed E-state index contributed by atoms with van der Waals surface area (Å²) in [6.07, 6.45) is 4.14. The first kappa shape index (κ1) is 12.0. The van der Waals surface area contributed by atoms with Crippen LogP contribution in [0, 0.1) is 11.3 Å². The summed E-state index contributed by atoms with van der Waals surface area (Å²) in [5.41, 5.74) is 6.32. The van der Waals surface area contributed by atoms with Gasteiger partial charge in [-0.2, -0.15) is 5.26 Å². The second kappa shape index (κ2) is 6.41. The van der Waals surface area contributed by atoms with Crippen LogP contribution < -0.4 is 5.73 Å². The summed E-state index contributed by atoms with van der Waals surface area (Å²) in [7, 11) is 0. The van der Waals surface area contributed by atoms with Crippen molar-refractivity contribution in [2.24, 2.45) is 5.73 Å². The molecule has 0 radical (unpaired) electrons. The van der Waals surface area contributed by atoms with Crippen molar-refractivity contribution in [3.63, 3.8) is 0 Å². The minimum absolute atomic E-state index is 0.0491. The van der Waals surface area contributed by atoms with Crippen molar-refractivity contribution < 1.29 is 4.79 Å². The van der Waals surface area contributed by atoms with Gasteiger partial charge in [-0.05, 0) is 24.8 Å². The Kier molecular flexibility index (Phi) is 4.81. The molecule has 0 heterocycles. The summed E-state index contributed by atoms with van der Waals surface area (Å²) in [5.74, 6) is -0.651. The molecule has 0 spiro atoms. The zero-order chi connectivity index (χ0) is 11.8. The van der Waals surface area contributed by atoms with E-state index in [4.69, 9.17) is 11.0 Å². The van der Waals surface area contributed by atoms with Crippen LogP contribution in [0.25, 0.3) is 0 Å². The monoisotopic (exact) mass is 214 g/mol. The molecule has 0 bridgehead atoms. The van der Waals surface area contributed by atoms with Crippen LogP contribution in [0.3, 0.4) is 0 Å². The van der Waals surface area contributed by atoms with E-state index in [0.717, 1.165) is 12.8 Å². The van der Waals surface area contributed by atoms with Gasteiger partial charge in [-0.15, -0.1) is 0 Å². The van der Waals surface area contributed by atoms with Crippen molar-refractivity contribution in [1.29, 1.82) is 5.26 Å². The number of amides is 1. The molecule has 2 N–H and O–H groups in total. The molecular weight excluding hydrogens is 200 g/mol. The van der Waals surface area contributed by atoms with Gasteiger partial charge in [0.1, 0.15) is 11.6 Å². The van der Waals surface area contributed by atoms with E-state index in [1.165, 1.54) is 5.56 Å². The zero-order valence-corrected chi connectivity index (χ0v) is 9.02. The second-order valence-corrected chi connectivity index (χ2v) is 3.47. The number of carbonyl (C=O) groups is 1. The predicted octanol–water partition coefficient (Wildman–Crippen LogP) is 1.94. The molecule has 16 heavy (non-hydrogen) atoms. The Morgan fingerprint density at radius 3 is 2.62 bits per heavy atom. The SMILES string of the molecule is N#CC(=CCCCc1ccccc1)C(N)=O. The maximum Gasteiger partial charge on any atom is 0.259 e. The Hall–Kier alpha value is -2.08. The summed E-state index contributed by atoms with van der Waals surface area (Å²) in [6.45, 7) is 0. The lowest BCUT2D eigenvalue weighted by Gasteiger charge is -1.98. The number of allylic oxidation sites excluding steroid dienone is 1. The average Bonchev–Trinajstić information content (AvgIpc) is 2.30. The second-order valence-electron chi connectivity index (χ2n) is 3.47. The molecule has 3 heteroatoms. The van der Waals surface area contributed by atoms with Gasteiger partial charge < -0.3 is 5.73 Å². The minimum atomic E-state index is -0.651. The van der Waals surface area contributed by atoms with Crippen LogP contribution in [0.1, 0.15) is 18.4 Å². The van der Waals surface area contributed by atoms with E-state index in [2.05, 4.69) is 12.1 Å². The van der Waals surface area contributed by atoms with Gasteiger partial charge >= 0.3 is 0 Å². The van der Waals surface area contributed by atoms with Crippen molar-refractivity contribution in [1.82, 2.24) is 0 Å². The highest BCUT2D eigenvalue weighted by Crippen LogP contribution is 2.06. The van der Waals surface area contributed by atoms with Gasteiger partial charge in [0.15, 0.2) is 0 Å². The fourth-order valence-corrected chi connectivity index (χ4v) is 1.40. The molecular formula is C13H14N2O. The van der Waals surface area contributed by atoms with E-state index in [1.807, 2.05) is 18.2 Å². The van der Waals surface area contributed by atoms with Gasteiger partial charge in [-0.3, -0.25) is 4.79 Å². The first-order valence-electron chi connectivity index (χ1n) is 5.18. The van der Waals surface area contributed by atoms with E-state index >= 15 is 0 Å². The van der Waals surface area contributed by atoms with Crippen LogP contribution in [-0.2, 0) is 11.2 Å². The number of nitrogens with two attached hydrogens (primary N) is 1. The normalized spacial score (nSPS) is 10.8. The average molecular weight is 214 g/mol. The molecule has 0 fully saturated rings. The lowest BCUT2D eigenvalue weighted by Crippen LogP contribution is -2.12. The summed E-state index contributed by atoms with van der Waals surface area (Å²) in [6, 6.07) is 11.9. The van der Waals surface area contributed by atoms with Gasteiger partial charge in [-0.25, -0.2) is 0 Å². The third-order valence-electron chi connectivity index (χ3n) is 2.25. The molecule has 0 saturated carbocycles. The zero-order valence-electron chi connectivity index (χ0n) is 9.02. The Morgan fingerprint density at radius 1 is 1.38 bits per heavy atom. The van der Waals surface area contributed by atoms with E-state index in [1.54, 1.807) is 12.1 Å². The highest BCUT2D eigenvalue weighted by Gasteiger charge is 2.01. The van der Waals surface area contributed by atoms with E-state index in [-0.39, 0.29) is 5.57 Å². The number of hydrogen-bond donors (Lipinski definition) is 1. The minimum Gasteiger partial charge on any atom is -0.365 e. The van der Waals surface area contributed by atoms with Gasteiger partial charge in [0.05, 0.1) is 0 Å². The number of rotatable bonds is 5. The van der Waals surface area contributed by atoms with Crippen LogP contribution in [0.5, 0.6) is 0 Å². The third-order valence-corrected chi connectivity index (χ3v) is 2.25. The Bertz CT molecular complexity index is 415. The number of hydrogen-bond acceptors (Lipinski definition) is 2. The van der Waals surface area contributed by atoms with Crippen LogP contribution in [-0.4, -0.2) is 5.91 Å². The number of nitrogens with zero attached hydrogens (tertiary/aromatic N) is 1. The summed E-state index contributed by atoms with van der Waals surface area (Å²) >= 11 is 0. The van der Waals surface area contributed by atoms with E-state index < -0.39 is 5.91 Å². The number of nitriles is 1. The molecule has 0 aliphatic carbocycles. The van der Waals surface area contributed by atoms with Crippen molar-refractivity contribution in [3.05, 3.63) is 47.5 Å².